The first-order chi connectivity index (χ1) is 7.65. The lowest BCUT2D eigenvalue weighted by atomic mass is 10.00. The number of hydrogen-bond acceptors (Lipinski definition) is 0. The van der Waals surface area contributed by atoms with Crippen molar-refractivity contribution < 1.29 is 0 Å². The summed E-state index contributed by atoms with van der Waals surface area (Å²) in [5.74, 6) is 0. The zero-order valence-corrected chi connectivity index (χ0v) is 11.0. The van der Waals surface area contributed by atoms with Crippen LogP contribution >= 0.6 is 11.6 Å². The van der Waals surface area contributed by atoms with E-state index in [0.29, 0.717) is 0 Å². The molecular formula is C15H19Cl. The van der Waals surface area contributed by atoms with Crippen molar-refractivity contribution in [2.45, 2.75) is 20.8 Å². The Morgan fingerprint density at radius 3 is 2.06 bits per heavy atom. The molecular weight excluding hydrogens is 216 g/mol. The van der Waals surface area contributed by atoms with Crippen LogP contribution in [0, 0.1) is 0 Å². The fourth-order valence-electron chi connectivity index (χ4n) is 1.23. The van der Waals surface area contributed by atoms with Crippen molar-refractivity contribution >= 4 is 17.2 Å². The summed E-state index contributed by atoms with van der Waals surface area (Å²) in [4.78, 5) is 0. The number of halogens is 1. The monoisotopic (exact) mass is 234 g/mol. The van der Waals surface area contributed by atoms with Gasteiger partial charge in [0, 0.05) is 5.02 Å². The van der Waals surface area contributed by atoms with Gasteiger partial charge < -0.3 is 0 Å². The molecule has 0 aliphatic rings. The number of hydrogen-bond donors (Lipinski definition) is 0. The quantitative estimate of drug-likeness (QED) is 0.605. The van der Waals surface area contributed by atoms with Crippen LogP contribution < -0.4 is 0 Å². The van der Waals surface area contributed by atoms with E-state index in [9.17, 15) is 0 Å². The Bertz CT molecular complexity index is 369. The average Bonchev–Trinajstić information content (AvgIpc) is 2.30. The maximum absolute atomic E-state index is 5.81. The van der Waals surface area contributed by atoms with Crippen LogP contribution in [0.5, 0.6) is 0 Å². The van der Waals surface area contributed by atoms with E-state index in [-0.39, 0.29) is 0 Å². The molecule has 0 saturated heterocycles. The molecule has 0 unspecified atom stereocenters. The molecule has 1 heteroatoms. The summed E-state index contributed by atoms with van der Waals surface area (Å²) in [5, 5.41) is 0.744. The predicted octanol–water partition coefficient (Wildman–Crippen LogP) is 5.51. The first kappa shape index (κ1) is 14.7. The van der Waals surface area contributed by atoms with Crippen LogP contribution in [-0.4, -0.2) is 0 Å². The van der Waals surface area contributed by atoms with Crippen LogP contribution in [0.25, 0.3) is 5.57 Å². The molecule has 16 heavy (non-hydrogen) atoms. The summed E-state index contributed by atoms with van der Waals surface area (Å²) in [6, 6.07) is 7.70. The zero-order valence-electron chi connectivity index (χ0n) is 10.3. The third kappa shape index (κ3) is 4.50. The first-order valence-corrected chi connectivity index (χ1v) is 5.77. The van der Waals surface area contributed by atoms with Crippen LogP contribution in [0.4, 0.5) is 0 Å². The highest BCUT2D eigenvalue weighted by Gasteiger charge is 2.00. The van der Waals surface area contributed by atoms with E-state index in [4.69, 9.17) is 11.6 Å². The normalized spacial score (nSPS) is 10.1. The fraction of sp³-hybridized carbons (Fsp3) is 0.200. The minimum Gasteiger partial charge on any atom is -0.0990 e. The second-order valence-corrected chi connectivity index (χ2v) is 3.54. The summed E-state index contributed by atoms with van der Waals surface area (Å²) < 4.78 is 0. The Kier molecular flexibility index (Phi) is 7.32. The highest BCUT2D eigenvalue weighted by Crippen LogP contribution is 2.22. The summed E-state index contributed by atoms with van der Waals surface area (Å²) in [5.41, 5.74) is 3.23. The van der Waals surface area contributed by atoms with Gasteiger partial charge in [-0.05, 0) is 30.2 Å². The molecule has 0 radical (unpaired) electrons. The zero-order chi connectivity index (χ0) is 12.6. The van der Waals surface area contributed by atoms with E-state index in [0.717, 1.165) is 21.7 Å². The van der Waals surface area contributed by atoms with Gasteiger partial charge in [-0.25, -0.2) is 0 Å². The van der Waals surface area contributed by atoms with Gasteiger partial charge in [-0.15, -0.1) is 0 Å². The number of allylic oxidation sites excluding steroid dienone is 4. The molecule has 0 aliphatic carbocycles. The van der Waals surface area contributed by atoms with Crippen molar-refractivity contribution in [1.29, 1.82) is 0 Å². The van der Waals surface area contributed by atoms with Crippen LogP contribution in [0.15, 0.2) is 55.1 Å². The Labute approximate surface area is 104 Å². The number of benzene rings is 1. The molecule has 0 aromatic heterocycles. The third-order valence-electron chi connectivity index (χ3n) is 1.90. The average molecular weight is 235 g/mol. The summed E-state index contributed by atoms with van der Waals surface area (Å²) in [6.45, 7) is 13.6. The molecule has 1 aromatic rings. The molecule has 0 heterocycles. The summed E-state index contributed by atoms with van der Waals surface area (Å²) in [6.07, 6.45) is 3.71. The largest absolute Gasteiger partial charge is 0.0990 e. The van der Waals surface area contributed by atoms with Gasteiger partial charge in [-0.1, -0.05) is 68.5 Å². The van der Waals surface area contributed by atoms with Crippen molar-refractivity contribution in [2.75, 3.05) is 0 Å². The highest BCUT2D eigenvalue weighted by molar-refractivity contribution is 6.30. The topological polar surface area (TPSA) is 0 Å². The molecule has 86 valence electrons. The molecule has 0 fully saturated rings. The van der Waals surface area contributed by atoms with Crippen LogP contribution in [0.1, 0.15) is 26.3 Å². The minimum atomic E-state index is 0.744. The second-order valence-electron chi connectivity index (χ2n) is 3.10. The lowest BCUT2D eigenvalue weighted by Gasteiger charge is -2.06. The van der Waals surface area contributed by atoms with Gasteiger partial charge in [0.15, 0.2) is 0 Å². The maximum Gasteiger partial charge on any atom is 0.0406 e. The minimum absolute atomic E-state index is 0.744. The third-order valence-corrected chi connectivity index (χ3v) is 2.15. The SMILES string of the molecule is C=C/C=C(\C(=C)C)c1ccc(Cl)cc1.CC. The molecule has 1 rings (SSSR count). The van der Waals surface area contributed by atoms with E-state index >= 15 is 0 Å². The van der Waals surface area contributed by atoms with E-state index < -0.39 is 0 Å². The molecule has 0 aliphatic heterocycles. The molecule has 0 saturated carbocycles. The Hall–Kier alpha value is -1.27. The van der Waals surface area contributed by atoms with Crippen LogP contribution in [0.2, 0.25) is 5.02 Å². The molecule has 0 atom stereocenters. The van der Waals surface area contributed by atoms with Crippen LogP contribution in [0.3, 0.4) is 0 Å². The lowest BCUT2D eigenvalue weighted by Crippen LogP contribution is -1.84. The van der Waals surface area contributed by atoms with Crippen molar-refractivity contribution in [3.8, 4) is 0 Å². The molecule has 1 aromatic carbocycles. The van der Waals surface area contributed by atoms with E-state index in [1.54, 1.807) is 6.08 Å². The maximum atomic E-state index is 5.81. The molecule has 0 bridgehead atoms. The van der Waals surface area contributed by atoms with E-state index in [2.05, 4.69) is 13.2 Å². The summed E-state index contributed by atoms with van der Waals surface area (Å²) in [7, 11) is 0. The van der Waals surface area contributed by atoms with Crippen molar-refractivity contribution in [2.24, 2.45) is 0 Å². The standard InChI is InChI=1S/C13H13Cl.C2H6/c1-4-5-13(10(2)3)11-6-8-12(14)9-7-11;1-2/h4-9H,1-2H2,3H3;1-2H3/b13-5+;. The number of rotatable bonds is 3. The van der Waals surface area contributed by atoms with Gasteiger partial charge in [-0.3, -0.25) is 0 Å². The highest BCUT2D eigenvalue weighted by atomic mass is 35.5. The Morgan fingerprint density at radius 1 is 1.19 bits per heavy atom. The van der Waals surface area contributed by atoms with Gasteiger partial charge in [0.05, 0.1) is 0 Å². The van der Waals surface area contributed by atoms with Crippen molar-refractivity contribution in [3.05, 3.63) is 65.7 Å². The second kappa shape index (κ2) is 7.95. The molecule has 0 nitrogen and oxygen atoms in total. The van der Waals surface area contributed by atoms with Gasteiger partial charge >= 0.3 is 0 Å². The molecule has 0 amide bonds. The molecule has 0 spiro atoms. The smallest absolute Gasteiger partial charge is 0.0406 e. The van der Waals surface area contributed by atoms with Gasteiger partial charge in [0.25, 0.3) is 0 Å². The predicted molar refractivity (Wildman–Crippen MR) is 75.8 cm³/mol. The van der Waals surface area contributed by atoms with Crippen molar-refractivity contribution in [3.63, 3.8) is 0 Å². The Balaban J connectivity index is 0.00000106. The van der Waals surface area contributed by atoms with E-state index in [1.165, 1.54) is 0 Å². The van der Waals surface area contributed by atoms with Gasteiger partial charge in [0.2, 0.25) is 0 Å². The summed E-state index contributed by atoms with van der Waals surface area (Å²) >= 11 is 5.81. The molecule has 0 N–H and O–H groups in total. The Morgan fingerprint density at radius 2 is 1.69 bits per heavy atom. The first-order valence-electron chi connectivity index (χ1n) is 5.39. The van der Waals surface area contributed by atoms with Gasteiger partial charge in [0.1, 0.15) is 0 Å². The van der Waals surface area contributed by atoms with Crippen LogP contribution in [-0.2, 0) is 0 Å². The lowest BCUT2D eigenvalue weighted by molar-refractivity contribution is 1.50. The van der Waals surface area contributed by atoms with Crippen molar-refractivity contribution in [1.82, 2.24) is 0 Å². The fourth-order valence-corrected chi connectivity index (χ4v) is 1.36. The van der Waals surface area contributed by atoms with E-state index in [1.807, 2.05) is 51.1 Å². The van der Waals surface area contributed by atoms with Gasteiger partial charge in [-0.2, -0.15) is 0 Å².